The molecule has 0 amide bonds. The second-order valence-corrected chi connectivity index (χ2v) is 4.63. The number of rotatable bonds is 1. The van der Waals surface area contributed by atoms with E-state index in [1.54, 1.807) is 0 Å². The van der Waals surface area contributed by atoms with Crippen LogP contribution in [0.1, 0.15) is 16.8 Å². The monoisotopic (exact) mass is 299 g/mol. The van der Waals surface area contributed by atoms with E-state index in [4.69, 9.17) is 0 Å². The SMILES string of the molecule is O=c1[nH]c(-c2cc(F)ccc2C(F)(F)F)nc2c1CNC2. The van der Waals surface area contributed by atoms with Crippen molar-refractivity contribution in [3.63, 3.8) is 0 Å². The van der Waals surface area contributed by atoms with Crippen LogP contribution in [-0.2, 0) is 19.3 Å². The van der Waals surface area contributed by atoms with Gasteiger partial charge in [-0.25, -0.2) is 9.37 Å². The van der Waals surface area contributed by atoms with Gasteiger partial charge in [-0.2, -0.15) is 13.2 Å². The minimum Gasteiger partial charge on any atom is -0.307 e. The Morgan fingerprint density at radius 1 is 1.19 bits per heavy atom. The maximum Gasteiger partial charge on any atom is 0.417 e. The van der Waals surface area contributed by atoms with Crippen molar-refractivity contribution < 1.29 is 17.6 Å². The first-order chi connectivity index (χ1) is 9.86. The van der Waals surface area contributed by atoms with Crippen LogP contribution in [0.5, 0.6) is 0 Å². The minimum absolute atomic E-state index is 0.283. The Labute approximate surface area is 115 Å². The largest absolute Gasteiger partial charge is 0.417 e. The lowest BCUT2D eigenvalue weighted by molar-refractivity contribution is -0.137. The summed E-state index contributed by atoms with van der Waals surface area (Å²) in [6, 6.07) is 2.07. The smallest absolute Gasteiger partial charge is 0.307 e. The molecule has 8 heteroatoms. The van der Waals surface area contributed by atoms with Crippen LogP contribution in [0.15, 0.2) is 23.0 Å². The van der Waals surface area contributed by atoms with Crippen LogP contribution in [0, 0.1) is 5.82 Å². The number of halogens is 4. The molecule has 21 heavy (non-hydrogen) atoms. The molecule has 1 aliphatic heterocycles. The van der Waals surface area contributed by atoms with E-state index in [-0.39, 0.29) is 5.82 Å². The summed E-state index contributed by atoms with van der Waals surface area (Å²) in [5.74, 6) is -1.12. The Hall–Kier alpha value is -2.22. The lowest BCUT2D eigenvalue weighted by atomic mass is 10.1. The van der Waals surface area contributed by atoms with E-state index >= 15 is 0 Å². The number of aromatic amines is 1. The molecule has 1 aromatic carbocycles. The zero-order valence-electron chi connectivity index (χ0n) is 10.5. The Morgan fingerprint density at radius 3 is 2.67 bits per heavy atom. The number of H-pyrrole nitrogens is 1. The molecule has 0 atom stereocenters. The molecule has 110 valence electrons. The first-order valence-corrected chi connectivity index (χ1v) is 6.06. The topological polar surface area (TPSA) is 57.8 Å². The first-order valence-electron chi connectivity index (χ1n) is 6.06. The van der Waals surface area contributed by atoms with E-state index < -0.39 is 28.7 Å². The molecule has 2 aromatic rings. The molecule has 2 heterocycles. The normalized spacial score (nSPS) is 14.3. The fourth-order valence-corrected chi connectivity index (χ4v) is 2.27. The quantitative estimate of drug-likeness (QED) is 0.794. The van der Waals surface area contributed by atoms with Crippen molar-refractivity contribution in [3.05, 3.63) is 51.2 Å². The number of hydrogen-bond acceptors (Lipinski definition) is 3. The van der Waals surface area contributed by atoms with E-state index in [1.165, 1.54) is 0 Å². The van der Waals surface area contributed by atoms with Crippen molar-refractivity contribution in [2.45, 2.75) is 19.3 Å². The van der Waals surface area contributed by atoms with Crippen LogP contribution >= 0.6 is 0 Å². The number of aromatic nitrogens is 2. The van der Waals surface area contributed by atoms with Gasteiger partial charge in [-0.05, 0) is 18.2 Å². The molecule has 0 radical (unpaired) electrons. The van der Waals surface area contributed by atoms with E-state index in [0.29, 0.717) is 30.4 Å². The molecule has 0 fully saturated rings. The highest BCUT2D eigenvalue weighted by Gasteiger charge is 2.34. The zero-order valence-corrected chi connectivity index (χ0v) is 10.5. The summed E-state index contributed by atoms with van der Waals surface area (Å²) in [5.41, 5.74) is -1.26. The van der Waals surface area contributed by atoms with Crippen LogP contribution in [0.2, 0.25) is 0 Å². The summed E-state index contributed by atoms with van der Waals surface area (Å²) in [6.07, 6.45) is -4.67. The predicted octanol–water partition coefficient (Wildman–Crippen LogP) is 2.20. The molecule has 0 saturated heterocycles. The number of nitrogens with one attached hydrogen (secondary N) is 2. The predicted molar refractivity (Wildman–Crippen MR) is 65.8 cm³/mol. The van der Waals surface area contributed by atoms with Gasteiger partial charge < -0.3 is 10.3 Å². The summed E-state index contributed by atoms with van der Waals surface area (Å²) < 4.78 is 52.3. The third kappa shape index (κ3) is 2.42. The van der Waals surface area contributed by atoms with E-state index in [9.17, 15) is 22.4 Å². The Balaban J connectivity index is 2.24. The van der Waals surface area contributed by atoms with Crippen molar-refractivity contribution in [2.75, 3.05) is 0 Å². The van der Waals surface area contributed by atoms with Crippen LogP contribution in [0.3, 0.4) is 0 Å². The third-order valence-corrected chi connectivity index (χ3v) is 3.24. The highest BCUT2D eigenvalue weighted by molar-refractivity contribution is 5.61. The van der Waals surface area contributed by atoms with Crippen LogP contribution in [0.4, 0.5) is 17.6 Å². The van der Waals surface area contributed by atoms with Crippen molar-refractivity contribution in [2.24, 2.45) is 0 Å². The first kappa shape index (κ1) is 13.7. The zero-order chi connectivity index (χ0) is 15.2. The van der Waals surface area contributed by atoms with E-state index in [2.05, 4.69) is 15.3 Å². The fraction of sp³-hybridized carbons (Fsp3) is 0.231. The number of fused-ring (bicyclic) bond motifs is 1. The van der Waals surface area contributed by atoms with Gasteiger partial charge in [-0.1, -0.05) is 0 Å². The second kappa shape index (κ2) is 4.66. The summed E-state index contributed by atoms with van der Waals surface area (Å²) in [5, 5.41) is 2.88. The average Bonchev–Trinajstić information content (AvgIpc) is 2.86. The van der Waals surface area contributed by atoms with E-state index in [0.717, 1.165) is 12.1 Å². The van der Waals surface area contributed by atoms with Crippen molar-refractivity contribution in [1.29, 1.82) is 0 Å². The molecule has 4 nitrogen and oxygen atoms in total. The standard InChI is InChI=1S/C13H9F4N3O/c14-6-1-2-9(13(15,16)17)7(3-6)11-19-10-5-18-4-8(10)12(21)20-11/h1-3,18H,4-5H2,(H,19,20,21). The lowest BCUT2D eigenvalue weighted by Gasteiger charge is -2.12. The maximum atomic E-state index is 13.3. The molecule has 0 saturated carbocycles. The third-order valence-electron chi connectivity index (χ3n) is 3.24. The number of alkyl halides is 3. The van der Waals surface area contributed by atoms with Gasteiger partial charge in [0, 0.05) is 18.7 Å². The van der Waals surface area contributed by atoms with Gasteiger partial charge in [0.05, 0.1) is 16.8 Å². The number of hydrogen-bond donors (Lipinski definition) is 2. The van der Waals surface area contributed by atoms with Crippen LogP contribution in [0.25, 0.3) is 11.4 Å². The number of nitrogens with zero attached hydrogens (tertiary/aromatic N) is 1. The summed E-state index contributed by atoms with van der Waals surface area (Å²) in [7, 11) is 0. The van der Waals surface area contributed by atoms with Crippen molar-refractivity contribution in [3.8, 4) is 11.4 Å². The van der Waals surface area contributed by atoms with Crippen LogP contribution < -0.4 is 10.9 Å². The van der Waals surface area contributed by atoms with Gasteiger partial charge in [-0.15, -0.1) is 0 Å². The lowest BCUT2D eigenvalue weighted by Crippen LogP contribution is -2.17. The van der Waals surface area contributed by atoms with Gasteiger partial charge in [0.25, 0.3) is 5.56 Å². The molecular weight excluding hydrogens is 290 g/mol. The van der Waals surface area contributed by atoms with E-state index in [1.807, 2.05) is 0 Å². The molecule has 3 rings (SSSR count). The van der Waals surface area contributed by atoms with Gasteiger partial charge in [-0.3, -0.25) is 4.79 Å². The summed E-state index contributed by atoms with van der Waals surface area (Å²) in [6.45, 7) is 0.607. The maximum absolute atomic E-state index is 13.3. The molecule has 0 aliphatic carbocycles. The molecule has 0 unspecified atom stereocenters. The molecule has 0 bridgehead atoms. The molecule has 1 aliphatic rings. The molecular formula is C13H9F4N3O. The second-order valence-electron chi connectivity index (χ2n) is 4.63. The van der Waals surface area contributed by atoms with Crippen LogP contribution in [-0.4, -0.2) is 9.97 Å². The molecule has 0 spiro atoms. The Morgan fingerprint density at radius 2 is 1.95 bits per heavy atom. The van der Waals surface area contributed by atoms with Crippen molar-refractivity contribution >= 4 is 0 Å². The van der Waals surface area contributed by atoms with Crippen molar-refractivity contribution in [1.82, 2.24) is 15.3 Å². The highest BCUT2D eigenvalue weighted by Crippen LogP contribution is 2.36. The van der Waals surface area contributed by atoms with Gasteiger partial charge in [0.15, 0.2) is 0 Å². The molecule has 2 N–H and O–H groups in total. The van der Waals surface area contributed by atoms with Gasteiger partial charge in [0.2, 0.25) is 0 Å². The average molecular weight is 299 g/mol. The minimum atomic E-state index is -4.67. The summed E-state index contributed by atoms with van der Waals surface area (Å²) >= 11 is 0. The van der Waals surface area contributed by atoms with Gasteiger partial charge >= 0.3 is 6.18 Å². The summed E-state index contributed by atoms with van der Waals surface area (Å²) in [4.78, 5) is 18.1. The molecule has 1 aromatic heterocycles. The highest BCUT2D eigenvalue weighted by atomic mass is 19.4. The Kier molecular flexibility index (Phi) is 3.05. The number of benzene rings is 1. The van der Waals surface area contributed by atoms with Gasteiger partial charge in [0.1, 0.15) is 11.6 Å². The Bertz CT molecular complexity index is 767. The fourth-order valence-electron chi connectivity index (χ4n) is 2.27.